The third kappa shape index (κ3) is 3.84. The zero-order chi connectivity index (χ0) is 15.4. The number of hydrogen-bond donors (Lipinski definition) is 2. The van der Waals surface area contributed by atoms with Crippen LogP contribution in [0.2, 0.25) is 0 Å². The van der Waals surface area contributed by atoms with Gasteiger partial charge in [0.25, 0.3) is 0 Å². The number of hydrogen-bond acceptors (Lipinski definition) is 3. The topological polar surface area (TPSA) is 75.6 Å². The van der Waals surface area contributed by atoms with Crippen LogP contribution < -0.4 is 10.1 Å². The lowest BCUT2D eigenvalue weighted by molar-refractivity contribution is -0.142. The van der Waals surface area contributed by atoms with Crippen LogP contribution in [0.15, 0.2) is 24.3 Å². The molecule has 1 aromatic carbocycles. The van der Waals surface area contributed by atoms with Crippen LogP contribution in [-0.2, 0) is 16.0 Å². The number of amides is 1. The Morgan fingerprint density at radius 2 is 2.14 bits per heavy atom. The number of carbonyl (C=O) groups is 2. The fourth-order valence-corrected chi connectivity index (χ4v) is 2.20. The summed E-state index contributed by atoms with van der Waals surface area (Å²) in [5.74, 6) is -0.714. The van der Waals surface area contributed by atoms with E-state index in [0.717, 1.165) is 23.3 Å². The summed E-state index contributed by atoms with van der Waals surface area (Å²) >= 11 is 0. The molecule has 0 aliphatic carbocycles. The van der Waals surface area contributed by atoms with Crippen molar-refractivity contribution in [1.29, 1.82) is 0 Å². The van der Waals surface area contributed by atoms with Gasteiger partial charge in [0.05, 0.1) is 6.61 Å². The Morgan fingerprint density at radius 1 is 1.38 bits per heavy atom. The largest absolute Gasteiger partial charge is 0.493 e. The molecule has 5 nitrogen and oxygen atoms in total. The number of ether oxygens (including phenoxy) is 1. The van der Waals surface area contributed by atoms with E-state index in [1.807, 2.05) is 18.2 Å². The van der Waals surface area contributed by atoms with Gasteiger partial charge in [-0.25, -0.2) is 4.79 Å². The van der Waals surface area contributed by atoms with Gasteiger partial charge in [-0.2, -0.15) is 0 Å². The van der Waals surface area contributed by atoms with Crippen molar-refractivity contribution in [3.8, 4) is 5.75 Å². The maximum Gasteiger partial charge on any atom is 0.326 e. The van der Waals surface area contributed by atoms with Gasteiger partial charge in [-0.15, -0.1) is 0 Å². The number of rotatable bonds is 5. The minimum absolute atomic E-state index is 0.169. The molecule has 5 heteroatoms. The van der Waals surface area contributed by atoms with Gasteiger partial charge in [0, 0.05) is 12.5 Å². The smallest absolute Gasteiger partial charge is 0.326 e. The molecule has 1 amide bonds. The van der Waals surface area contributed by atoms with Crippen molar-refractivity contribution in [3.05, 3.63) is 35.4 Å². The first-order chi connectivity index (χ1) is 9.97. The van der Waals surface area contributed by atoms with Crippen molar-refractivity contribution in [3.63, 3.8) is 0 Å². The molecule has 1 aliphatic heterocycles. The van der Waals surface area contributed by atoms with E-state index in [-0.39, 0.29) is 5.92 Å². The Balaban J connectivity index is 2.00. The van der Waals surface area contributed by atoms with Crippen LogP contribution in [0, 0.1) is 5.92 Å². The number of carboxylic acids is 1. The minimum Gasteiger partial charge on any atom is -0.493 e. The molecule has 112 valence electrons. The van der Waals surface area contributed by atoms with Crippen molar-refractivity contribution >= 4 is 18.0 Å². The maximum atomic E-state index is 11.8. The van der Waals surface area contributed by atoms with Crippen molar-refractivity contribution < 1.29 is 19.4 Å². The summed E-state index contributed by atoms with van der Waals surface area (Å²) < 4.78 is 5.42. The van der Waals surface area contributed by atoms with Crippen molar-refractivity contribution in [2.24, 2.45) is 5.92 Å². The van der Waals surface area contributed by atoms with E-state index >= 15 is 0 Å². The summed E-state index contributed by atoms with van der Waals surface area (Å²) in [6, 6.07) is 4.85. The van der Waals surface area contributed by atoms with E-state index in [9.17, 15) is 9.59 Å². The highest BCUT2D eigenvalue weighted by Gasteiger charge is 2.22. The molecular formula is C16H19NO4. The van der Waals surface area contributed by atoms with E-state index < -0.39 is 17.9 Å². The Morgan fingerprint density at radius 3 is 2.81 bits per heavy atom. The van der Waals surface area contributed by atoms with Crippen LogP contribution in [0.3, 0.4) is 0 Å². The van der Waals surface area contributed by atoms with Gasteiger partial charge in [0.2, 0.25) is 5.91 Å². The number of nitrogens with one attached hydrogen (secondary N) is 1. The fourth-order valence-electron chi connectivity index (χ4n) is 2.20. The second kappa shape index (κ2) is 6.43. The molecule has 0 spiro atoms. The minimum atomic E-state index is -1.03. The lowest BCUT2D eigenvalue weighted by Gasteiger charge is -2.16. The lowest BCUT2D eigenvalue weighted by atomic mass is 10.0. The van der Waals surface area contributed by atoms with Crippen LogP contribution in [0.25, 0.3) is 6.08 Å². The van der Waals surface area contributed by atoms with Gasteiger partial charge < -0.3 is 15.2 Å². The molecule has 0 fully saturated rings. The molecule has 1 atom stereocenters. The number of carbonyl (C=O) groups excluding carboxylic acids is 1. The van der Waals surface area contributed by atoms with Gasteiger partial charge in [-0.1, -0.05) is 19.9 Å². The van der Waals surface area contributed by atoms with Gasteiger partial charge >= 0.3 is 5.97 Å². The Hall–Kier alpha value is -2.30. The van der Waals surface area contributed by atoms with E-state index in [4.69, 9.17) is 9.84 Å². The second-order valence-corrected chi connectivity index (χ2v) is 5.37. The highest BCUT2D eigenvalue weighted by molar-refractivity contribution is 5.94. The maximum absolute atomic E-state index is 11.8. The van der Waals surface area contributed by atoms with Crippen LogP contribution in [0.1, 0.15) is 25.0 Å². The Kier molecular flexibility index (Phi) is 4.62. The highest BCUT2D eigenvalue weighted by atomic mass is 16.5. The number of carboxylic acid groups (broad SMARTS) is 1. The molecule has 0 radical (unpaired) electrons. The van der Waals surface area contributed by atoms with Crippen molar-refractivity contribution in [1.82, 2.24) is 5.32 Å². The molecule has 0 aromatic heterocycles. The van der Waals surface area contributed by atoms with Gasteiger partial charge in [0.15, 0.2) is 0 Å². The number of benzene rings is 1. The molecule has 2 rings (SSSR count). The Bertz CT molecular complexity index is 578. The number of aliphatic carboxylic acids is 1. The predicted octanol–water partition coefficient (Wildman–Crippen LogP) is 1.86. The summed E-state index contributed by atoms with van der Waals surface area (Å²) in [6.45, 7) is 4.20. The fraction of sp³-hybridized carbons (Fsp3) is 0.375. The standard InChI is InChI=1S/C16H19NO4/c1-10(2)15(16(19)20)17-14(18)6-4-11-3-5-13-12(9-11)7-8-21-13/h3-6,9-10,15H,7-8H2,1-2H3,(H,17,18)(H,19,20)/b6-4+/t15-/m0/s1. The van der Waals surface area contributed by atoms with E-state index in [0.29, 0.717) is 6.61 Å². The first-order valence-electron chi connectivity index (χ1n) is 6.94. The lowest BCUT2D eigenvalue weighted by Crippen LogP contribution is -2.43. The summed E-state index contributed by atoms with van der Waals surface area (Å²) in [7, 11) is 0. The van der Waals surface area contributed by atoms with Crippen LogP contribution in [-0.4, -0.2) is 29.6 Å². The summed E-state index contributed by atoms with van der Waals surface area (Å²) in [4.78, 5) is 22.8. The average molecular weight is 289 g/mol. The SMILES string of the molecule is CC(C)[C@H](NC(=O)/C=C/c1ccc2c(c1)CCO2)C(=O)O. The van der Waals surface area contributed by atoms with Crippen molar-refractivity contribution in [2.75, 3.05) is 6.61 Å². The molecule has 0 saturated heterocycles. The normalized spacial score (nSPS) is 14.8. The predicted molar refractivity (Wildman–Crippen MR) is 79.1 cm³/mol. The molecule has 0 unspecified atom stereocenters. The first kappa shape index (κ1) is 15.1. The quantitative estimate of drug-likeness (QED) is 0.811. The van der Waals surface area contributed by atoms with Gasteiger partial charge in [0.1, 0.15) is 11.8 Å². The molecule has 2 N–H and O–H groups in total. The number of fused-ring (bicyclic) bond motifs is 1. The zero-order valence-corrected chi connectivity index (χ0v) is 12.1. The zero-order valence-electron chi connectivity index (χ0n) is 12.1. The first-order valence-corrected chi connectivity index (χ1v) is 6.94. The van der Waals surface area contributed by atoms with Crippen LogP contribution in [0.5, 0.6) is 5.75 Å². The summed E-state index contributed by atoms with van der Waals surface area (Å²) in [5.41, 5.74) is 2.02. The highest BCUT2D eigenvalue weighted by Crippen LogP contribution is 2.26. The molecular weight excluding hydrogens is 270 g/mol. The molecule has 0 saturated carbocycles. The molecule has 21 heavy (non-hydrogen) atoms. The summed E-state index contributed by atoms with van der Waals surface area (Å²) in [6.07, 6.45) is 3.90. The molecule has 1 aromatic rings. The van der Waals surface area contributed by atoms with Crippen LogP contribution in [0.4, 0.5) is 0 Å². The van der Waals surface area contributed by atoms with E-state index in [1.54, 1.807) is 19.9 Å². The van der Waals surface area contributed by atoms with Crippen molar-refractivity contribution in [2.45, 2.75) is 26.3 Å². The second-order valence-electron chi connectivity index (χ2n) is 5.37. The Labute approximate surface area is 123 Å². The molecule has 0 bridgehead atoms. The van der Waals surface area contributed by atoms with Gasteiger partial charge in [-0.3, -0.25) is 4.79 Å². The molecule has 1 heterocycles. The molecule has 1 aliphatic rings. The van der Waals surface area contributed by atoms with E-state index in [2.05, 4.69) is 5.32 Å². The summed E-state index contributed by atoms with van der Waals surface area (Å²) in [5, 5.41) is 11.5. The third-order valence-corrected chi connectivity index (χ3v) is 3.37. The van der Waals surface area contributed by atoms with E-state index in [1.165, 1.54) is 6.08 Å². The van der Waals surface area contributed by atoms with Gasteiger partial charge in [-0.05, 0) is 35.3 Å². The monoisotopic (exact) mass is 289 g/mol. The third-order valence-electron chi connectivity index (χ3n) is 3.37. The van der Waals surface area contributed by atoms with Crippen LogP contribution >= 0.6 is 0 Å². The average Bonchev–Trinajstić information content (AvgIpc) is 2.89.